The fraction of sp³-hybridized carbons (Fsp3) is 0.923. The molecule has 1 heterocycles. The van der Waals surface area contributed by atoms with Crippen LogP contribution in [0.2, 0.25) is 0 Å². The van der Waals surface area contributed by atoms with E-state index in [4.69, 9.17) is 5.11 Å². The number of hydrogen-bond donors (Lipinski definition) is 3. The van der Waals surface area contributed by atoms with E-state index in [9.17, 15) is 4.79 Å². The van der Waals surface area contributed by atoms with E-state index < -0.39 is 0 Å². The molecule has 0 saturated carbocycles. The van der Waals surface area contributed by atoms with Crippen molar-refractivity contribution in [2.45, 2.75) is 58.0 Å². The molecule has 1 aliphatic rings. The van der Waals surface area contributed by atoms with Crippen molar-refractivity contribution in [2.75, 3.05) is 13.2 Å². The lowest BCUT2D eigenvalue weighted by Crippen LogP contribution is -2.54. The largest absolute Gasteiger partial charge is 0.396 e. The fourth-order valence-electron chi connectivity index (χ4n) is 2.33. The summed E-state index contributed by atoms with van der Waals surface area (Å²) in [4.78, 5) is 12.1. The topological polar surface area (TPSA) is 61.4 Å². The molecule has 17 heavy (non-hydrogen) atoms. The smallest absolute Gasteiger partial charge is 0.237 e. The highest BCUT2D eigenvalue weighted by atomic mass is 16.3. The maximum absolute atomic E-state index is 12.1. The number of carbonyl (C=O) groups excluding carboxylic acids is 1. The van der Waals surface area contributed by atoms with Crippen LogP contribution in [0.4, 0.5) is 0 Å². The molecule has 0 radical (unpaired) electrons. The predicted molar refractivity (Wildman–Crippen MR) is 68.7 cm³/mol. The van der Waals surface area contributed by atoms with Gasteiger partial charge in [-0.2, -0.15) is 0 Å². The van der Waals surface area contributed by atoms with Gasteiger partial charge in [0.05, 0.1) is 6.04 Å². The highest BCUT2D eigenvalue weighted by molar-refractivity contribution is 5.82. The second-order valence-corrected chi connectivity index (χ2v) is 5.65. The van der Waals surface area contributed by atoms with E-state index in [2.05, 4.69) is 17.6 Å². The number of aliphatic hydroxyl groups excluding tert-OH is 1. The highest BCUT2D eigenvalue weighted by Crippen LogP contribution is 2.20. The van der Waals surface area contributed by atoms with Crippen molar-refractivity contribution in [2.24, 2.45) is 5.92 Å². The van der Waals surface area contributed by atoms with Crippen LogP contribution in [0.25, 0.3) is 0 Å². The molecule has 0 aromatic heterocycles. The molecule has 0 aromatic rings. The van der Waals surface area contributed by atoms with Gasteiger partial charge in [-0.1, -0.05) is 13.3 Å². The van der Waals surface area contributed by atoms with E-state index in [-0.39, 0.29) is 24.1 Å². The summed E-state index contributed by atoms with van der Waals surface area (Å²) in [6.07, 6.45) is 3.83. The number of carbonyl (C=O) groups is 1. The first-order valence-electron chi connectivity index (χ1n) is 6.64. The SMILES string of the molecule is CCC1CCNC(C(=O)NC(C)(C)CCO)C1. The van der Waals surface area contributed by atoms with E-state index in [0.29, 0.717) is 12.3 Å². The Morgan fingerprint density at radius 2 is 2.24 bits per heavy atom. The quantitative estimate of drug-likeness (QED) is 0.675. The second-order valence-electron chi connectivity index (χ2n) is 5.65. The van der Waals surface area contributed by atoms with E-state index in [1.54, 1.807) is 0 Å². The van der Waals surface area contributed by atoms with Crippen LogP contribution in [0.3, 0.4) is 0 Å². The van der Waals surface area contributed by atoms with Crippen molar-refractivity contribution >= 4 is 5.91 Å². The third kappa shape index (κ3) is 4.64. The van der Waals surface area contributed by atoms with Crippen molar-refractivity contribution in [3.8, 4) is 0 Å². The average Bonchev–Trinajstić information content (AvgIpc) is 2.28. The van der Waals surface area contributed by atoms with Crippen LogP contribution in [0.5, 0.6) is 0 Å². The number of nitrogens with one attached hydrogen (secondary N) is 2. The monoisotopic (exact) mass is 242 g/mol. The van der Waals surface area contributed by atoms with E-state index in [0.717, 1.165) is 19.4 Å². The predicted octanol–water partition coefficient (Wildman–Crippen LogP) is 1.04. The zero-order chi connectivity index (χ0) is 12.9. The Hall–Kier alpha value is -0.610. The molecule has 4 nitrogen and oxygen atoms in total. The lowest BCUT2D eigenvalue weighted by atomic mass is 9.89. The van der Waals surface area contributed by atoms with Crippen molar-refractivity contribution in [1.29, 1.82) is 0 Å². The Morgan fingerprint density at radius 3 is 2.82 bits per heavy atom. The molecule has 0 aliphatic carbocycles. The van der Waals surface area contributed by atoms with Gasteiger partial charge in [0.15, 0.2) is 0 Å². The first kappa shape index (κ1) is 14.5. The van der Waals surface area contributed by atoms with E-state index in [1.165, 1.54) is 6.42 Å². The summed E-state index contributed by atoms with van der Waals surface area (Å²) < 4.78 is 0. The molecule has 1 saturated heterocycles. The third-order valence-corrected chi connectivity index (χ3v) is 3.60. The normalized spacial score (nSPS) is 25.6. The van der Waals surface area contributed by atoms with E-state index in [1.807, 2.05) is 13.8 Å². The van der Waals surface area contributed by atoms with Gasteiger partial charge in [-0.3, -0.25) is 4.79 Å². The molecule has 2 atom stereocenters. The number of amides is 1. The molecule has 0 spiro atoms. The summed E-state index contributed by atoms with van der Waals surface area (Å²) in [6.45, 7) is 7.10. The molecule has 100 valence electrons. The van der Waals surface area contributed by atoms with Crippen LogP contribution in [0.1, 0.15) is 46.5 Å². The summed E-state index contributed by atoms with van der Waals surface area (Å²) in [7, 11) is 0. The first-order valence-corrected chi connectivity index (χ1v) is 6.64. The van der Waals surface area contributed by atoms with Crippen LogP contribution in [0, 0.1) is 5.92 Å². The van der Waals surface area contributed by atoms with Gasteiger partial charge in [0.2, 0.25) is 5.91 Å². The minimum absolute atomic E-state index is 0.0633. The summed E-state index contributed by atoms with van der Waals surface area (Å²) >= 11 is 0. The van der Waals surface area contributed by atoms with Crippen molar-refractivity contribution in [1.82, 2.24) is 10.6 Å². The summed E-state index contributed by atoms with van der Waals surface area (Å²) in [5, 5.41) is 15.2. The molecular weight excluding hydrogens is 216 g/mol. The number of piperidine rings is 1. The van der Waals surface area contributed by atoms with Gasteiger partial charge in [0.25, 0.3) is 0 Å². The fourth-order valence-corrected chi connectivity index (χ4v) is 2.33. The van der Waals surface area contributed by atoms with Gasteiger partial charge < -0.3 is 15.7 Å². The maximum atomic E-state index is 12.1. The average molecular weight is 242 g/mol. The molecule has 2 unspecified atom stereocenters. The molecule has 0 aromatic carbocycles. The van der Waals surface area contributed by atoms with E-state index >= 15 is 0 Å². The second kappa shape index (κ2) is 6.36. The number of aliphatic hydroxyl groups is 1. The molecule has 1 amide bonds. The summed E-state index contributed by atoms with van der Waals surface area (Å²) in [5.74, 6) is 0.731. The Morgan fingerprint density at radius 1 is 1.53 bits per heavy atom. The number of rotatable bonds is 5. The van der Waals surface area contributed by atoms with Gasteiger partial charge in [-0.05, 0) is 45.6 Å². The first-order chi connectivity index (χ1) is 7.98. The van der Waals surface area contributed by atoms with Gasteiger partial charge >= 0.3 is 0 Å². The summed E-state index contributed by atoms with van der Waals surface area (Å²) in [6, 6.07) is -0.0633. The zero-order valence-electron chi connectivity index (χ0n) is 11.3. The standard InChI is InChI=1S/C13H26N2O2/c1-4-10-5-7-14-11(9-10)12(17)15-13(2,3)6-8-16/h10-11,14,16H,4-9H2,1-3H3,(H,15,17). The Labute approximate surface area is 104 Å². The molecule has 4 heteroatoms. The van der Waals surface area contributed by atoms with Crippen LogP contribution in [0.15, 0.2) is 0 Å². The zero-order valence-corrected chi connectivity index (χ0v) is 11.3. The van der Waals surface area contributed by atoms with Crippen LogP contribution in [-0.4, -0.2) is 35.7 Å². The Kier molecular flexibility index (Phi) is 5.40. The molecule has 1 aliphatic heterocycles. The molecule has 0 bridgehead atoms. The van der Waals surface area contributed by atoms with Crippen molar-refractivity contribution in [3.05, 3.63) is 0 Å². The van der Waals surface area contributed by atoms with Crippen molar-refractivity contribution < 1.29 is 9.90 Å². The molecular formula is C13H26N2O2. The van der Waals surface area contributed by atoms with Gasteiger partial charge in [0, 0.05) is 12.1 Å². The minimum atomic E-state index is -0.327. The lowest BCUT2D eigenvalue weighted by Gasteiger charge is -2.32. The van der Waals surface area contributed by atoms with Crippen LogP contribution >= 0.6 is 0 Å². The Balaban J connectivity index is 2.46. The Bertz CT molecular complexity index is 254. The molecule has 1 rings (SSSR count). The van der Waals surface area contributed by atoms with Crippen LogP contribution < -0.4 is 10.6 Å². The highest BCUT2D eigenvalue weighted by Gasteiger charge is 2.29. The third-order valence-electron chi connectivity index (χ3n) is 3.60. The van der Waals surface area contributed by atoms with Crippen molar-refractivity contribution in [3.63, 3.8) is 0 Å². The number of hydrogen-bond acceptors (Lipinski definition) is 3. The minimum Gasteiger partial charge on any atom is -0.396 e. The molecule has 1 fully saturated rings. The summed E-state index contributed by atoms with van der Waals surface area (Å²) in [5.41, 5.74) is -0.327. The van der Waals surface area contributed by atoms with Gasteiger partial charge in [0.1, 0.15) is 0 Å². The van der Waals surface area contributed by atoms with Crippen LogP contribution in [-0.2, 0) is 4.79 Å². The molecule has 3 N–H and O–H groups in total. The van der Waals surface area contributed by atoms with Gasteiger partial charge in [-0.25, -0.2) is 0 Å². The lowest BCUT2D eigenvalue weighted by molar-refractivity contribution is -0.125. The van der Waals surface area contributed by atoms with Gasteiger partial charge in [-0.15, -0.1) is 0 Å². The maximum Gasteiger partial charge on any atom is 0.237 e.